The quantitative estimate of drug-likeness (QED) is 0.833. The zero-order chi connectivity index (χ0) is 14.4. The first kappa shape index (κ1) is 14.5. The number of rotatable bonds is 5. The SMILES string of the molecule is NC(=O)CCN1CCC(NC(=O)c2ccccc2)CC1. The maximum atomic E-state index is 12.0. The van der Waals surface area contributed by atoms with Crippen molar-refractivity contribution in [2.45, 2.75) is 25.3 Å². The Morgan fingerprint density at radius 3 is 2.45 bits per heavy atom. The summed E-state index contributed by atoms with van der Waals surface area (Å²) < 4.78 is 0. The normalized spacial score (nSPS) is 16.8. The molecule has 1 fully saturated rings. The third-order valence-electron chi connectivity index (χ3n) is 3.63. The lowest BCUT2D eigenvalue weighted by Crippen LogP contribution is -2.45. The van der Waals surface area contributed by atoms with Gasteiger partial charge in [-0.2, -0.15) is 0 Å². The lowest BCUT2D eigenvalue weighted by molar-refractivity contribution is -0.118. The van der Waals surface area contributed by atoms with E-state index in [-0.39, 0.29) is 17.9 Å². The molecule has 5 nitrogen and oxygen atoms in total. The highest BCUT2D eigenvalue weighted by Gasteiger charge is 2.21. The van der Waals surface area contributed by atoms with Crippen LogP contribution in [0.1, 0.15) is 29.6 Å². The zero-order valence-corrected chi connectivity index (χ0v) is 11.5. The number of amides is 2. The van der Waals surface area contributed by atoms with Gasteiger partial charge >= 0.3 is 0 Å². The van der Waals surface area contributed by atoms with Crippen molar-refractivity contribution in [3.63, 3.8) is 0 Å². The molecule has 1 aromatic carbocycles. The van der Waals surface area contributed by atoms with Crippen molar-refractivity contribution in [1.29, 1.82) is 0 Å². The molecular formula is C15H21N3O2. The first-order valence-electron chi connectivity index (χ1n) is 7.02. The van der Waals surface area contributed by atoms with Gasteiger partial charge in [0.25, 0.3) is 5.91 Å². The highest BCUT2D eigenvalue weighted by Crippen LogP contribution is 2.11. The molecule has 108 valence electrons. The van der Waals surface area contributed by atoms with Gasteiger partial charge in [-0.3, -0.25) is 9.59 Å². The maximum absolute atomic E-state index is 12.0. The van der Waals surface area contributed by atoms with E-state index >= 15 is 0 Å². The Kier molecular flexibility index (Phi) is 5.12. The van der Waals surface area contributed by atoms with Crippen LogP contribution in [0.3, 0.4) is 0 Å². The van der Waals surface area contributed by atoms with Crippen LogP contribution in [0.2, 0.25) is 0 Å². The summed E-state index contributed by atoms with van der Waals surface area (Å²) >= 11 is 0. The number of nitrogens with one attached hydrogen (secondary N) is 1. The highest BCUT2D eigenvalue weighted by atomic mass is 16.2. The van der Waals surface area contributed by atoms with Crippen LogP contribution in [0.15, 0.2) is 30.3 Å². The zero-order valence-electron chi connectivity index (χ0n) is 11.5. The molecule has 0 unspecified atom stereocenters. The molecule has 0 aliphatic carbocycles. The van der Waals surface area contributed by atoms with Crippen molar-refractivity contribution in [3.8, 4) is 0 Å². The average Bonchev–Trinajstić information content (AvgIpc) is 2.47. The Labute approximate surface area is 119 Å². The minimum Gasteiger partial charge on any atom is -0.370 e. The van der Waals surface area contributed by atoms with E-state index in [0.717, 1.165) is 25.9 Å². The molecule has 20 heavy (non-hydrogen) atoms. The minimum absolute atomic E-state index is 0.0128. The van der Waals surface area contributed by atoms with Gasteiger partial charge in [0.05, 0.1) is 0 Å². The number of nitrogens with two attached hydrogens (primary N) is 1. The van der Waals surface area contributed by atoms with Crippen molar-refractivity contribution in [2.24, 2.45) is 5.73 Å². The van der Waals surface area contributed by atoms with Crippen LogP contribution in [0, 0.1) is 0 Å². The summed E-state index contributed by atoms with van der Waals surface area (Å²) in [6, 6.07) is 9.47. The lowest BCUT2D eigenvalue weighted by Gasteiger charge is -2.32. The maximum Gasteiger partial charge on any atom is 0.251 e. The van der Waals surface area contributed by atoms with Crippen LogP contribution < -0.4 is 11.1 Å². The van der Waals surface area contributed by atoms with E-state index in [4.69, 9.17) is 5.73 Å². The van der Waals surface area contributed by atoms with Gasteiger partial charge in [0.1, 0.15) is 0 Å². The molecule has 1 aliphatic heterocycles. The van der Waals surface area contributed by atoms with Gasteiger partial charge in [-0.25, -0.2) is 0 Å². The molecule has 2 amide bonds. The summed E-state index contributed by atoms with van der Waals surface area (Å²) in [4.78, 5) is 25.0. The van der Waals surface area contributed by atoms with Crippen molar-refractivity contribution in [3.05, 3.63) is 35.9 Å². The monoisotopic (exact) mass is 275 g/mol. The Morgan fingerprint density at radius 2 is 1.85 bits per heavy atom. The minimum atomic E-state index is -0.260. The number of carbonyl (C=O) groups is 2. The van der Waals surface area contributed by atoms with Gasteiger partial charge in [-0.05, 0) is 25.0 Å². The summed E-state index contributed by atoms with van der Waals surface area (Å²) in [5.41, 5.74) is 5.84. The lowest BCUT2D eigenvalue weighted by atomic mass is 10.0. The fourth-order valence-electron chi connectivity index (χ4n) is 2.43. The van der Waals surface area contributed by atoms with E-state index in [1.807, 2.05) is 30.3 Å². The molecule has 0 atom stereocenters. The third-order valence-corrected chi connectivity index (χ3v) is 3.63. The molecule has 5 heteroatoms. The van der Waals surface area contributed by atoms with E-state index in [2.05, 4.69) is 10.2 Å². The molecule has 0 saturated carbocycles. The molecule has 1 aromatic rings. The molecule has 1 saturated heterocycles. The van der Waals surface area contributed by atoms with Gasteiger partial charge in [0.15, 0.2) is 0 Å². The van der Waals surface area contributed by atoms with E-state index in [9.17, 15) is 9.59 Å². The molecular weight excluding hydrogens is 254 g/mol. The predicted octanol–water partition coefficient (Wildman–Crippen LogP) is 0.756. The van der Waals surface area contributed by atoms with Crippen LogP contribution in [0.5, 0.6) is 0 Å². The summed E-state index contributed by atoms with van der Waals surface area (Å²) in [5, 5.41) is 3.06. The van der Waals surface area contributed by atoms with Crippen LogP contribution in [-0.2, 0) is 4.79 Å². The molecule has 0 spiro atoms. The van der Waals surface area contributed by atoms with Gasteiger partial charge in [0, 0.05) is 37.7 Å². The summed E-state index contributed by atoms with van der Waals surface area (Å²) in [6.45, 7) is 2.51. The van der Waals surface area contributed by atoms with Crippen molar-refractivity contribution < 1.29 is 9.59 Å². The van der Waals surface area contributed by atoms with Crippen LogP contribution in [0.4, 0.5) is 0 Å². The van der Waals surface area contributed by atoms with Crippen molar-refractivity contribution in [1.82, 2.24) is 10.2 Å². The van der Waals surface area contributed by atoms with E-state index in [0.29, 0.717) is 18.5 Å². The molecule has 3 N–H and O–H groups in total. The fraction of sp³-hybridized carbons (Fsp3) is 0.467. The number of benzene rings is 1. The number of primary amides is 1. The fourth-order valence-corrected chi connectivity index (χ4v) is 2.43. The molecule has 2 rings (SSSR count). The standard InChI is InChI=1S/C15H21N3O2/c16-14(19)8-11-18-9-6-13(7-10-18)17-15(20)12-4-2-1-3-5-12/h1-5,13H,6-11H2,(H2,16,19)(H,17,20). The first-order valence-corrected chi connectivity index (χ1v) is 7.02. The number of carbonyl (C=O) groups excluding carboxylic acids is 2. The Bertz CT molecular complexity index is 453. The summed E-state index contributed by atoms with van der Waals surface area (Å²) in [5.74, 6) is -0.273. The van der Waals surface area contributed by atoms with Crippen LogP contribution in [0.25, 0.3) is 0 Å². The second kappa shape index (κ2) is 7.05. The van der Waals surface area contributed by atoms with E-state index in [1.54, 1.807) is 0 Å². The van der Waals surface area contributed by atoms with Crippen LogP contribution in [-0.4, -0.2) is 42.4 Å². The summed E-state index contributed by atoms with van der Waals surface area (Å²) in [7, 11) is 0. The number of hydrogen-bond acceptors (Lipinski definition) is 3. The second-order valence-corrected chi connectivity index (χ2v) is 5.17. The van der Waals surface area contributed by atoms with Crippen molar-refractivity contribution >= 4 is 11.8 Å². The van der Waals surface area contributed by atoms with Crippen LogP contribution >= 0.6 is 0 Å². The highest BCUT2D eigenvalue weighted by molar-refractivity contribution is 5.94. The topological polar surface area (TPSA) is 75.4 Å². The van der Waals surface area contributed by atoms with E-state index < -0.39 is 0 Å². The third kappa shape index (κ3) is 4.35. The Hall–Kier alpha value is -1.88. The number of hydrogen-bond donors (Lipinski definition) is 2. The number of piperidine rings is 1. The largest absolute Gasteiger partial charge is 0.370 e. The number of likely N-dealkylation sites (tertiary alicyclic amines) is 1. The molecule has 0 aromatic heterocycles. The Morgan fingerprint density at radius 1 is 1.20 bits per heavy atom. The van der Waals surface area contributed by atoms with Gasteiger partial charge in [-0.1, -0.05) is 18.2 Å². The van der Waals surface area contributed by atoms with Gasteiger partial charge in [0.2, 0.25) is 5.91 Å². The van der Waals surface area contributed by atoms with Crippen molar-refractivity contribution in [2.75, 3.05) is 19.6 Å². The molecule has 1 heterocycles. The molecule has 0 bridgehead atoms. The Balaban J connectivity index is 1.74. The molecule has 0 radical (unpaired) electrons. The number of nitrogens with zero attached hydrogens (tertiary/aromatic N) is 1. The van der Waals surface area contributed by atoms with E-state index in [1.165, 1.54) is 0 Å². The second-order valence-electron chi connectivity index (χ2n) is 5.17. The van der Waals surface area contributed by atoms with Gasteiger partial charge < -0.3 is 16.0 Å². The first-order chi connectivity index (χ1) is 9.65. The van der Waals surface area contributed by atoms with Gasteiger partial charge in [-0.15, -0.1) is 0 Å². The predicted molar refractivity (Wildman–Crippen MR) is 77.2 cm³/mol. The molecule has 1 aliphatic rings. The summed E-state index contributed by atoms with van der Waals surface area (Å²) in [6.07, 6.45) is 2.23. The average molecular weight is 275 g/mol. The smallest absolute Gasteiger partial charge is 0.251 e.